The molecule has 1 aromatic rings. The van der Waals surface area contributed by atoms with Crippen LogP contribution < -0.4 is 5.73 Å². The SMILES string of the molecule is CC.NCCC(O)c1cc(O)cc(SCC2CCCCC2)c1. The lowest BCUT2D eigenvalue weighted by Crippen LogP contribution is -2.09. The number of aliphatic hydroxyl groups excluding tert-OH is 1. The number of aromatic hydroxyl groups is 1. The molecule has 0 spiro atoms. The summed E-state index contributed by atoms with van der Waals surface area (Å²) < 4.78 is 0. The summed E-state index contributed by atoms with van der Waals surface area (Å²) in [5.41, 5.74) is 6.24. The third kappa shape index (κ3) is 6.59. The Hall–Kier alpha value is -0.710. The molecule has 1 aliphatic rings. The first-order chi connectivity index (χ1) is 10.7. The van der Waals surface area contributed by atoms with Gasteiger partial charge in [-0.25, -0.2) is 0 Å². The van der Waals surface area contributed by atoms with Crippen LogP contribution >= 0.6 is 11.8 Å². The highest BCUT2D eigenvalue weighted by Crippen LogP contribution is 2.33. The molecule has 0 radical (unpaired) electrons. The van der Waals surface area contributed by atoms with Gasteiger partial charge in [-0.1, -0.05) is 33.1 Å². The van der Waals surface area contributed by atoms with E-state index in [1.807, 2.05) is 19.9 Å². The van der Waals surface area contributed by atoms with Crippen molar-refractivity contribution in [3.05, 3.63) is 23.8 Å². The highest BCUT2D eigenvalue weighted by molar-refractivity contribution is 7.99. The lowest BCUT2D eigenvalue weighted by molar-refractivity contribution is 0.169. The van der Waals surface area contributed by atoms with Crippen LogP contribution in [0.4, 0.5) is 0 Å². The molecular formula is C18H31NO2S. The highest BCUT2D eigenvalue weighted by atomic mass is 32.2. The second-order valence-corrected chi connectivity index (χ2v) is 6.76. The summed E-state index contributed by atoms with van der Waals surface area (Å²) in [6.07, 6.45) is 6.68. The number of phenolic OH excluding ortho intramolecular Hbond substituents is 1. The minimum Gasteiger partial charge on any atom is -0.508 e. The molecule has 1 atom stereocenters. The van der Waals surface area contributed by atoms with Gasteiger partial charge in [-0.2, -0.15) is 0 Å². The Kier molecular flexibility index (Phi) is 9.60. The Morgan fingerprint density at radius 3 is 2.50 bits per heavy atom. The van der Waals surface area contributed by atoms with Gasteiger partial charge in [0.2, 0.25) is 0 Å². The van der Waals surface area contributed by atoms with Crippen LogP contribution in [0.1, 0.15) is 64.0 Å². The monoisotopic (exact) mass is 325 g/mol. The Bertz CT molecular complexity index is 420. The van der Waals surface area contributed by atoms with Crippen LogP contribution in [0.15, 0.2) is 23.1 Å². The summed E-state index contributed by atoms with van der Waals surface area (Å²) in [5.74, 6) is 2.13. The van der Waals surface area contributed by atoms with Crippen molar-refractivity contribution in [2.75, 3.05) is 12.3 Å². The normalized spacial score (nSPS) is 16.7. The zero-order chi connectivity index (χ0) is 16.4. The molecular weight excluding hydrogens is 294 g/mol. The van der Waals surface area contributed by atoms with E-state index in [9.17, 15) is 10.2 Å². The first kappa shape index (κ1) is 19.3. The molecule has 2 rings (SSSR count). The molecule has 0 heterocycles. The number of aliphatic hydroxyl groups is 1. The molecule has 0 saturated heterocycles. The van der Waals surface area contributed by atoms with Gasteiger partial charge in [0.15, 0.2) is 0 Å². The van der Waals surface area contributed by atoms with E-state index in [2.05, 4.69) is 0 Å². The molecule has 0 bridgehead atoms. The van der Waals surface area contributed by atoms with Gasteiger partial charge in [0, 0.05) is 10.6 Å². The number of benzene rings is 1. The van der Waals surface area contributed by atoms with Crippen LogP contribution in [-0.4, -0.2) is 22.5 Å². The van der Waals surface area contributed by atoms with Crippen LogP contribution in [0.3, 0.4) is 0 Å². The molecule has 1 unspecified atom stereocenters. The molecule has 1 fully saturated rings. The fraction of sp³-hybridized carbons (Fsp3) is 0.667. The molecule has 0 aromatic heterocycles. The fourth-order valence-electron chi connectivity index (χ4n) is 2.77. The van der Waals surface area contributed by atoms with Gasteiger partial charge in [-0.3, -0.25) is 0 Å². The second kappa shape index (κ2) is 10.9. The topological polar surface area (TPSA) is 66.5 Å². The van der Waals surface area contributed by atoms with Crippen molar-refractivity contribution in [3.63, 3.8) is 0 Å². The van der Waals surface area contributed by atoms with E-state index in [-0.39, 0.29) is 5.75 Å². The van der Waals surface area contributed by atoms with Crippen LogP contribution in [0.2, 0.25) is 0 Å². The first-order valence-corrected chi connectivity index (χ1v) is 9.52. The van der Waals surface area contributed by atoms with E-state index in [0.29, 0.717) is 13.0 Å². The largest absolute Gasteiger partial charge is 0.508 e. The van der Waals surface area contributed by atoms with Crippen LogP contribution in [-0.2, 0) is 0 Å². The molecule has 4 N–H and O–H groups in total. The first-order valence-electron chi connectivity index (χ1n) is 8.54. The lowest BCUT2D eigenvalue weighted by atomic mass is 9.91. The molecule has 0 aliphatic heterocycles. The summed E-state index contributed by atoms with van der Waals surface area (Å²) in [7, 11) is 0. The van der Waals surface area contributed by atoms with Crippen molar-refractivity contribution >= 4 is 11.8 Å². The number of nitrogens with two attached hydrogens (primary N) is 1. The van der Waals surface area contributed by atoms with E-state index < -0.39 is 6.10 Å². The Labute approximate surface area is 139 Å². The lowest BCUT2D eigenvalue weighted by Gasteiger charge is -2.21. The van der Waals surface area contributed by atoms with Crippen molar-refractivity contribution in [1.29, 1.82) is 0 Å². The van der Waals surface area contributed by atoms with E-state index in [0.717, 1.165) is 22.1 Å². The summed E-state index contributed by atoms with van der Waals surface area (Å²) in [4.78, 5) is 1.04. The molecule has 22 heavy (non-hydrogen) atoms. The number of hydrogen-bond donors (Lipinski definition) is 3. The number of hydrogen-bond acceptors (Lipinski definition) is 4. The minimum atomic E-state index is -0.582. The molecule has 1 aromatic carbocycles. The zero-order valence-corrected chi connectivity index (χ0v) is 14.7. The molecule has 0 amide bonds. The minimum absolute atomic E-state index is 0.227. The maximum atomic E-state index is 9.99. The molecule has 126 valence electrons. The Morgan fingerprint density at radius 2 is 1.86 bits per heavy atom. The molecule has 4 heteroatoms. The Morgan fingerprint density at radius 1 is 1.18 bits per heavy atom. The van der Waals surface area contributed by atoms with Gasteiger partial charge in [-0.05, 0) is 55.5 Å². The van der Waals surface area contributed by atoms with Crippen molar-refractivity contribution in [1.82, 2.24) is 0 Å². The van der Waals surface area contributed by atoms with E-state index in [1.165, 1.54) is 32.1 Å². The van der Waals surface area contributed by atoms with Crippen molar-refractivity contribution < 1.29 is 10.2 Å². The van der Waals surface area contributed by atoms with Gasteiger partial charge >= 0.3 is 0 Å². The van der Waals surface area contributed by atoms with Gasteiger partial charge in [0.1, 0.15) is 5.75 Å². The smallest absolute Gasteiger partial charge is 0.117 e. The predicted molar refractivity (Wildman–Crippen MR) is 95.4 cm³/mol. The number of thioether (sulfide) groups is 1. The third-order valence-electron chi connectivity index (χ3n) is 3.95. The number of phenols is 1. The van der Waals surface area contributed by atoms with Crippen molar-refractivity contribution in [3.8, 4) is 5.75 Å². The quantitative estimate of drug-likeness (QED) is 0.675. The highest BCUT2D eigenvalue weighted by Gasteiger charge is 2.15. The molecule has 1 aliphatic carbocycles. The number of rotatable bonds is 6. The maximum Gasteiger partial charge on any atom is 0.117 e. The summed E-state index contributed by atoms with van der Waals surface area (Å²) in [6.45, 7) is 4.45. The van der Waals surface area contributed by atoms with Gasteiger partial charge in [0.05, 0.1) is 6.10 Å². The average molecular weight is 326 g/mol. The van der Waals surface area contributed by atoms with Gasteiger partial charge < -0.3 is 15.9 Å². The van der Waals surface area contributed by atoms with Crippen LogP contribution in [0, 0.1) is 5.92 Å². The van der Waals surface area contributed by atoms with Crippen LogP contribution in [0.5, 0.6) is 5.75 Å². The molecule has 1 saturated carbocycles. The summed E-state index contributed by atoms with van der Waals surface area (Å²) in [6, 6.07) is 5.39. The fourth-order valence-corrected chi connectivity index (χ4v) is 3.96. The van der Waals surface area contributed by atoms with Gasteiger partial charge in [-0.15, -0.1) is 11.8 Å². The summed E-state index contributed by atoms with van der Waals surface area (Å²) >= 11 is 1.79. The predicted octanol–water partition coefficient (Wildman–Crippen LogP) is 4.47. The average Bonchev–Trinajstić information content (AvgIpc) is 2.55. The van der Waals surface area contributed by atoms with Crippen molar-refractivity contribution in [2.45, 2.75) is 63.4 Å². The van der Waals surface area contributed by atoms with Gasteiger partial charge in [0.25, 0.3) is 0 Å². The van der Waals surface area contributed by atoms with Crippen molar-refractivity contribution in [2.24, 2.45) is 11.7 Å². The maximum absolute atomic E-state index is 9.99. The zero-order valence-electron chi connectivity index (χ0n) is 13.9. The summed E-state index contributed by atoms with van der Waals surface area (Å²) in [5, 5.41) is 19.8. The molecule has 3 nitrogen and oxygen atoms in total. The third-order valence-corrected chi connectivity index (χ3v) is 5.16. The standard InChI is InChI=1S/C16H25NO2S.C2H6/c17-7-6-16(19)13-8-14(18)10-15(9-13)20-11-12-4-2-1-3-5-12;1-2/h8-10,12,16,18-19H,1-7,11,17H2;1-2H3. The van der Waals surface area contributed by atoms with E-state index in [1.54, 1.807) is 23.9 Å². The Balaban J connectivity index is 0.00000116. The van der Waals surface area contributed by atoms with E-state index in [4.69, 9.17) is 5.73 Å². The second-order valence-electron chi connectivity index (χ2n) is 5.67. The van der Waals surface area contributed by atoms with Crippen LogP contribution in [0.25, 0.3) is 0 Å². The van der Waals surface area contributed by atoms with E-state index >= 15 is 0 Å².